The number of carbonyl (C=O) groups excluding carboxylic acids is 1. The van der Waals surface area contributed by atoms with Gasteiger partial charge in [-0.1, -0.05) is 6.42 Å². The Hall–Kier alpha value is -1.65. The van der Waals surface area contributed by atoms with Crippen molar-refractivity contribution in [3.8, 4) is 0 Å². The van der Waals surface area contributed by atoms with Crippen LogP contribution in [0, 0.1) is 5.92 Å². The van der Waals surface area contributed by atoms with Gasteiger partial charge in [0.2, 0.25) is 0 Å². The zero-order valence-corrected chi connectivity index (χ0v) is 10.2. The molecule has 17 heavy (non-hydrogen) atoms. The van der Waals surface area contributed by atoms with E-state index < -0.39 is 0 Å². The molecule has 0 spiro atoms. The Bertz CT molecular complexity index is 386. The summed E-state index contributed by atoms with van der Waals surface area (Å²) in [7, 11) is 1.77. The van der Waals surface area contributed by atoms with Crippen molar-refractivity contribution in [2.45, 2.75) is 32.2 Å². The first kappa shape index (κ1) is 11.8. The van der Waals surface area contributed by atoms with Gasteiger partial charge in [-0.2, -0.15) is 0 Å². The quantitative estimate of drug-likeness (QED) is 0.827. The van der Waals surface area contributed by atoms with E-state index in [0.29, 0.717) is 17.4 Å². The van der Waals surface area contributed by atoms with Gasteiger partial charge in [-0.15, -0.1) is 0 Å². The third-order valence-electron chi connectivity index (χ3n) is 3.36. The van der Waals surface area contributed by atoms with Crippen LogP contribution in [-0.2, 0) is 0 Å². The molecule has 5 nitrogen and oxygen atoms in total. The summed E-state index contributed by atoms with van der Waals surface area (Å²) in [6.07, 6.45) is 6.76. The zero-order valence-electron chi connectivity index (χ0n) is 10.2. The van der Waals surface area contributed by atoms with Gasteiger partial charge in [0.1, 0.15) is 11.5 Å². The molecule has 1 aliphatic rings. The number of amides is 1. The SMILES string of the molecule is CNc1cnc(C(=O)NC(C)C2CCC2)cn1. The number of rotatable bonds is 4. The molecule has 1 heterocycles. The molecule has 5 heteroatoms. The molecule has 1 aromatic heterocycles. The Morgan fingerprint density at radius 3 is 2.65 bits per heavy atom. The second-order valence-electron chi connectivity index (χ2n) is 4.49. The molecule has 1 unspecified atom stereocenters. The minimum atomic E-state index is -0.139. The lowest BCUT2D eigenvalue weighted by Crippen LogP contribution is -2.41. The van der Waals surface area contributed by atoms with Crippen LogP contribution in [0.25, 0.3) is 0 Å². The predicted molar refractivity (Wildman–Crippen MR) is 65.8 cm³/mol. The highest BCUT2D eigenvalue weighted by molar-refractivity contribution is 5.92. The number of nitrogens with one attached hydrogen (secondary N) is 2. The van der Waals surface area contributed by atoms with Crippen LogP contribution < -0.4 is 10.6 Å². The van der Waals surface area contributed by atoms with Crippen molar-refractivity contribution in [1.29, 1.82) is 0 Å². The van der Waals surface area contributed by atoms with E-state index in [1.54, 1.807) is 13.2 Å². The molecule has 0 aliphatic heterocycles. The Kier molecular flexibility index (Phi) is 3.56. The first-order chi connectivity index (χ1) is 8.20. The fraction of sp³-hybridized carbons (Fsp3) is 0.583. The topological polar surface area (TPSA) is 66.9 Å². The second-order valence-corrected chi connectivity index (χ2v) is 4.49. The highest BCUT2D eigenvalue weighted by atomic mass is 16.1. The summed E-state index contributed by atoms with van der Waals surface area (Å²) >= 11 is 0. The maximum Gasteiger partial charge on any atom is 0.271 e. The zero-order chi connectivity index (χ0) is 12.3. The van der Waals surface area contributed by atoms with Crippen LogP contribution in [0.5, 0.6) is 0 Å². The van der Waals surface area contributed by atoms with E-state index in [2.05, 4.69) is 27.5 Å². The van der Waals surface area contributed by atoms with Gasteiger partial charge in [0.05, 0.1) is 12.4 Å². The summed E-state index contributed by atoms with van der Waals surface area (Å²) in [4.78, 5) is 20.0. The van der Waals surface area contributed by atoms with Crippen LogP contribution in [-0.4, -0.2) is 29.0 Å². The first-order valence-electron chi connectivity index (χ1n) is 6.01. The lowest BCUT2D eigenvalue weighted by Gasteiger charge is -2.31. The summed E-state index contributed by atoms with van der Waals surface area (Å²) in [6, 6.07) is 0.224. The molecule has 1 aromatic rings. The summed E-state index contributed by atoms with van der Waals surface area (Å²) in [6.45, 7) is 2.05. The third kappa shape index (κ3) is 2.72. The lowest BCUT2D eigenvalue weighted by molar-refractivity contribution is 0.0904. The summed E-state index contributed by atoms with van der Waals surface area (Å²) in [5.74, 6) is 1.15. The Morgan fingerprint density at radius 1 is 1.41 bits per heavy atom. The van der Waals surface area contributed by atoms with E-state index in [9.17, 15) is 4.79 Å². The number of carbonyl (C=O) groups is 1. The van der Waals surface area contributed by atoms with Crippen molar-refractivity contribution < 1.29 is 4.79 Å². The van der Waals surface area contributed by atoms with Crippen LogP contribution >= 0.6 is 0 Å². The van der Waals surface area contributed by atoms with Gasteiger partial charge in [0.15, 0.2) is 0 Å². The van der Waals surface area contributed by atoms with Gasteiger partial charge in [0.25, 0.3) is 5.91 Å². The van der Waals surface area contributed by atoms with Gasteiger partial charge in [-0.25, -0.2) is 9.97 Å². The Balaban J connectivity index is 1.93. The molecule has 1 fully saturated rings. The Labute approximate surface area is 101 Å². The maximum absolute atomic E-state index is 11.9. The number of hydrogen-bond donors (Lipinski definition) is 2. The molecule has 1 amide bonds. The molecule has 1 atom stereocenters. The minimum absolute atomic E-state index is 0.139. The number of anilines is 1. The summed E-state index contributed by atoms with van der Waals surface area (Å²) < 4.78 is 0. The Morgan fingerprint density at radius 2 is 2.18 bits per heavy atom. The van der Waals surface area contributed by atoms with Crippen LogP contribution in [0.2, 0.25) is 0 Å². The smallest absolute Gasteiger partial charge is 0.271 e. The van der Waals surface area contributed by atoms with Crippen molar-refractivity contribution in [2.24, 2.45) is 5.92 Å². The van der Waals surface area contributed by atoms with E-state index >= 15 is 0 Å². The molecular formula is C12H18N4O. The summed E-state index contributed by atoms with van der Waals surface area (Å²) in [5.41, 5.74) is 0.371. The maximum atomic E-state index is 11.9. The molecule has 1 aliphatic carbocycles. The highest BCUT2D eigenvalue weighted by Crippen LogP contribution is 2.29. The van der Waals surface area contributed by atoms with Gasteiger partial charge in [-0.05, 0) is 25.7 Å². The van der Waals surface area contributed by atoms with Gasteiger partial charge >= 0.3 is 0 Å². The van der Waals surface area contributed by atoms with Crippen molar-refractivity contribution in [2.75, 3.05) is 12.4 Å². The van der Waals surface area contributed by atoms with Crippen LogP contribution in [0.3, 0.4) is 0 Å². The normalized spacial score (nSPS) is 17.1. The molecule has 92 valence electrons. The molecule has 0 aromatic carbocycles. The van der Waals surface area contributed by atoms with Crippen LogP contribution in [0.4, 0.5) is 5.82 Å². The summed E-state index contributed by atoms with van der Waals surface area (Å²) in [5, 5.41) is 5.84. The van der Waals surface area contributed by atoms with Crippen LogP contribution in [0.1, 0.15) is 36.7 Å². The van der Waals surface area contributed by atoms with Crippen molar-refractivity contribution >= 4 is 11.7 Å². The highest BCUT2D eigenvalue weighted by Gasteiger charge is 2.25. The molecule has 2 N–H and O–H groups in total. The third-order valence-corrected chi connectivity index (χ3v) is 3.36. The van der Waals surface area contributed by atoms with E-state index in [1.807, 2.05) is 0 Å². The lowest BCUT2D eigenvalue weighted by atomic mass is 9.80. The fourth-order valence-corrected chi connectivity index (χ4v) is 1.91. The molecule has 0 bridgehead atoms. The molecule has 1 saturated carbocycles. The second kappa shape index (κ2) is 5.12. The number of aromatic nitrogens is 2. The van der Waals surface area contributed by atoms with Crippen molar-refractivity contribution in [3.63, 3.8) is 0 Å². The molecule has 0 radical (unpaired) electrons. The van der Waals surface area contributed by atoms with Gasteiger partial charge in [0, 0.05) is 13.1 Å². The van der Waals surface area contributed by atoms with E-state index in [0.717, 1.165) is 0 Å². The standard InChI is InChI=1S/C12H18N4O/c1-8(9-4-3-5-9)16-12(17)10-6-15-11(13-2)7-14-10/h6-9H,3-5H2,1-2H3,(H,13,15)(H,16,17). The van der Waals surface area contributed by atoms with Crippen LogP contribution in [0.15, 0.2) is 12.4 Å². The number of hydrogen-bond acceptors (Lipinski definition) is 4. The fourth-order valence-electron chi connectivity index (χ4n) is 1.91. The average molecular weight is 234 g/mol. The van der Waals surface area contributed by atoms with E-state index in [-0.39, 0.29) is 11.9 Å². The minimum Gasteiger partial charge on any atom is -0.372 e. The van der Waals surface area contributed by atoms with Crippen molar-refractivity contribution in [3.05, 3.63) is 18.1 Å². The van der Waals surface area contributed by atoms with E-state index in [4.69, 9.17) is 0 Å². The molecule has 2 rings (SSSR count). The largest absolute Gasteiger partial charge is 0.372 e. The van der Waals surface area contributed by atoms with Crippen molar-refractivity contribution in [1.82, 2.24) is 15.3 Å². The average Bonchev–Trinajstić information content (AvgIpc) is 2.26. The predicted octanol–water partition coefficient (Wildman–Crippen LogP) is 1.44. The monoisotopic (exact) mass is 234 g/mol. The number of nitrogens with zero attached hydrogens (tertiary/aromatic N) is 2. The van der Waals surface area contributed by atoms with Gasteiger partial charge in [-0.3, -0.25) is 4.79 Å². The molecular weight excluding hydrogens is 216 g/mol. The van der Waals surface area contributed by atoms with E-state index in [1.165, 1.54) is 25.5 Å². The molecule has 0 saturated heterocycles. The van der Waals surface area contributed by atoms with Gasteiger partial charge < -0.3 is 10.6 Å². The first-order valence-corrected chi connectivity index (χ1v) is 6.01.